The molecule has 2 amide bonds. The van der Waals surface area contributed by atoms with E-state index < -0.39 is 11.7 Å². The lowest BCUT2D eigenvalue weighted by molar-refractivity contribution is -0.130. The molecule has 3 rings (SSSR count). The van der Waals surface area contributed by atoms with E-state index in [1.54, 1.807) is 10.8 Å². The maximum absolute atomic E-state index is 12.6. The van der Waals surface area contributed by atoms with E-state index in [1.165, 1.54) is 0 Å². The van der Waals surface area contributed by atoms with Gasteiger partial charge in [0.2, 0.25) is 5.91 Å². The fraction of sp³-hybridized carbons (Fsp3) is 0.450. The van der Waals surface area contributed by atoms with Gasteiger partial charge >= 0.3 is 0 Å². The first kappa shape index (κ1) is 18.2. The second-order valence-electron chi connectivity index (χ2n) is 6.89. The number of ketones is 1. The lowest BCUT2D eigenvalue weighted by atomic mass is 10.1. The van der Waals surface area contributed by atoms with Crippen LogP contribution in [0.2, 0.25) is 0 Å². The van der Waals surface area contributed by atoms with Gasteiger partial charge < -0.3 is 14.8 Å². The van der Waals surface area contributed by atoms with E-state index in [1.807, 2.05) is 43.0 Å². The Kier molecular flexibility index (Phi) is 5.40. The van der Waals surface area contributed by atoms with Crippen molar-refractivity contribution in [3.63, 3.8) is 0 Å². The minimum Gasteiger partial charge on any atom is -0.347 e. The normalized spacial score (nSPS) is 15.2. The summed E-state index contributed by atoms with van der Waals surface area (Å²) in [5, 5.41) is 3.41. The third-order valence-corrected chi connectivity index (χ3v) is 4.99. The van der Waals surface area contributed by atoms with Crippen LogP contribution in [0.15, 0.2) is 30.5 Å². The van der Waals surface area contributed by atoms with Gasteiger partial charge in [0.15, 0.2) is 0 Å². The highest BCUT2D eigenvalue weighted by atomic mass is 16.2. The number of benzene rings is 1. The van der Waals surface area contributed by atoms with E-state index in [0.29, 0.717) is 10.9 Å². The maximum atomic E-state index is 12.6. The third-order valence-electron chi connectivity index (χ3n) is 4.99. The van der Waals surface area contributed by atoms with Gasteiger partial charge in [-0.1, -0.05) is 25.1 Å². The fourth-order valence-electron chi connectivity index (χ4n) is 3.28. The van der Waals surface area contributed by atoms with Crippen LogP contribution in [0.1, 0.15) is 43.5 Å². The summed E-state index contributed by atoms with van der Waals surface area (Å²) in [6.45, 7) is 5.58. The first-order valence-corrected chi connectivity index (χ1v) is 9.22. The number of amides is 2. The molecule has 0 radical (unpaired) electrons. The van der Waals surface area contributed by atoms with Gasteiger partial charge in [0, 0.05) is 36.2 Å². The highest BCUT2D eigenvalue weighted by molar-refractivity contribution is 6.45. The largest absolute Gasteiger partial charge is 0.347 e. The molecule has 138 valence electrons. The Balaban J connectivity index is 1.88. The molecular formula is C20H25N3O3. The van der Waals surface area contributed by atoms with Crippen molar-refractivity contribution < 1.29 is 14.4 Å². The highest BCUT2D eigenvalue weighted by Crippen LogP contribution is 2.22. The number of nitrogens with one attached hydrogen (secondary N) is 1. The van der Waals surface area contributed by atoms with Crippen LogP contribution in [-0.2, 0) is 16.1 Å². The van der Waals surface area contributed by atoms with Crippen LogP contribution in [0.25, 0.3) is 10.9 Å². The van der Waals surface area contributed by atoms with E-state index in [-0.39, 0.29) is 18.5 Å². The van der Waals surface area contributed by atoms with Gasteiger partial charge in [0.05, 0.1) is 5.56 Å². The molecule has 1 fully saturated rings. The molecule has 0 aliphatic carbocycles. The van der Waals surface area contributed by atoms with Crippen LogP contribution < -0.4 is 5.32 Å². The molecule has 6 heteroatoms. The average Bonchev–Trinajstić information content (AvgIpc) is 3.29. The Morgan fingerprint density at radius 2 is 1.85 bits per heavy atom. The minimum absolute atomic E-state index is 0.0475. The van der Waals surface area contributed by atoms with E-state index >= 15 is 0 Å². The molecule has 1 aromatic heterocycles. The summed E-state index contributed by atoms with van der Waals surface area (Å²) in [5.74, 6) is -1.12. The lowest BCUT2D eigenvalue weighted by Gasteiger charge is -2.16. The van der Waals surface area contributed by atoms with Gasteiger partial charge in [0.1, 0.15) is 6.54 Å². The molecule has 1 saturated heterocycles. The molecule has 6 nitrogen and oxygen atoms in total. The summed E-state index contributed by atoms with van der Waals surface area (Å²) in [4.78, 5) is 39.2. The number of para-hydroxylation sites is 1. The average molecular weight is 355 g/mol. The molecule has 2 aromatic rings. The number of rotatable bonds is 6. The number of carbonyl (C=O) groups is 3. The Morgan fingerprint density at radius 1 is 1.15 bits per heavy atom. The quantitative estimate of drug-likeness (QED) is 0.639. The van der Waals surface area contributed by atoms with Crippen LogP contribution in [0.5, 0.6) is 0 Å². The van der Waals surface area contributed by atoms with Crippen molar-refractivity contribution in [2.75, 3.05) is 13.1 Å². The van der Waals surface area contributed by atoms with E-state index in [9.17, 15) is 14.4 Å². The zero-order valence-electron chi connectivity index (χ0n) is 15.3. The molecule has 0 saturated carbocycles. The van der Waals surface area contributed by atoms with Crippen molar-refractivity contribution in [3.05, 3.63) is 36.0 Å². The molecule has 1 aliphatic rings. The van der Waals surface area contributed by atoms with Crippen LogP contribution >= 0.6 is 0 Å². The molecule has 0 spiro atoms. The number of hydrogen-bond donors (Lipinski definition) is 1. The standard InChI is InChI=1S/C20H25N3O3/c1-3-14(2)21-20(26)19(25)16-12-23(17-9-5-4-8-15(16)17)13-18(24)22-10-6-7-11-22/h4-5,8-9,12,14H,3,6-7,10-11,13H2,1-2H3,(H,21,26). The second kappa shape index (κ2) is 7.72. The van der Waals surface area contributed by atoms with Crippen LogP contribution in [-0.4, -0.2) is 46.2 Å². The van der Waals surface area contributed by atoms with Crippen LogP contribution in [0, 0.1) is 0 Å². The third kappa shape index (κ3) is 3.64. The summed E-state index contributed by atoms with van der Waals surface area (Å²) in [5.41, 5.74) is 1.13. The van der Waals surface area contributed by atoms with E-state index in [4.69, 9.17) is 0 Å². The van der Waals surface area contributed by atoms with Gasteiger partial charge in [0.25, 0.3) is 11.7 Å². The van der Waals surface area contributed by atoms with Crippen molar-refractivity contribution in [1.82, 2.24) is 14.8 Å². The lowest BCUT2D eigenvalue weighted by Crippen LogP contribution is -2.37. The number of fused-ring (bicyclic) bond motifs is 1. The van der Waals surface area contributed by atoms with Gasteiger partial charge in [-0.15, -0.1) is 0 Å². The number of nitrogens with zero attached hydrogens (tertiary/aromatic N) is 2. The number of aromatic nitrogens is 1. The zero-order chi connectivity index (χ0) is 18.7. The second-order valence-corrected chi connectivity index (χ2v) is 6.89. The topological polar surface area (TPSA) is 71.4 Å². The molecule has 1 aromatic carbocycles. The molecular weight excluding hydrogens is 330 g/mol. The Hall–Kier alpha value is -2.63. The van der Waals surface area contributed by atoms with Crippen molar-refractivity contribution >= 4 is 28.5 Å². The summed E-state index contributed by atoms with van der Waals surface area (Å²) >= 11 is 0. The van der Waals surface area contributed by atoms with Gasteiger partial charge in [-0.2, -0.15) is 0 Å². The molecule has 1 atom stereocenters. The Labute approximate surface area is 153 Å². The maximum Gasteiger partial charge on any atom is 0.292 e. The molecule has 2 heterocycles. The number of likely N-dealkylation sites (tertiary alicyclic amines) is 1. The number of carbonyl (C=O) groups excluding carboxylic acids is 3. The smallest absolute Gasteiger partial charge is 0.292 e. The number of Topliss-reactive ketones (excluding diaryl/α,β-unsaturated/α-hetero) is 1. The molecule has 1 N–H and O–H groups in total. The summed E-state index contributed by atoms with van der Waals surface area (Å²) in [6.07, 6.45) is 4.47. The Bertz CT molecular complexity index is 834. The van der Waals surface area contributed by atoms with Crippen molar-refractivity contribution in [2.24, 2.45) is 0 Å². The van der Waals surface area contributed by atoms with Crippen molar-refractivity contribution in [2.45, 2.75) is 45.7 Å². The first-order valence-electron chi connectivity index (χ1n) is 9.22. The minimum atomic E-state index is -0.604. The predicted molar refractivity (Wildman–Crippen MR) is 100.0 cm³/mol. The SMILES string of the molecule is CCC(C)NC(=O)C(=O)c1cn(CC(=O)N2CCCC2)c2ccccc12. The molecule has 1 unspecified atom stereocenters. The van der Waals surface area contributed by atoms with Crippen molar-refractivity contribution in [3.8, 4) is 0 Å². The summed E-state index contributed by atoms with van der Waals surface area (Å²) < 4.78 is 1.78. The molecule has 0 bridgehead atoms. The van der Waals surface area contributed by atoms with Crippen molar-refractivity contribution in [1.29, 1.82) is 0 Å². The summed E-state index contributed by atoms with van der Waals surface area (Å²) in [7, 11) is 0. The van der Waals surface area contributed by atoms with Gasteiger partial charge in [-0.25, -0.2) is 0 Å². The van der Waals surface area contributed by atoms with Crippen LogP contribution in [0.3, 0.4) is 0 Å². The highest BCUT2D eigenvalue weighted by Gasteiger charge is 2.24. The fourth-order valence-corrected chi connectivity index (χ4v) is 3.28. The van der Waals surface area contributed by atoms with Gasteiger partial charge in [-0.3, -0.25) is 14.4 Å². The summed E-state index contributed by atoms with van der Waals surface area (Å²) in [6, 6.07) is 7.33. The van der Waals surface area contributed by atoms with E-state index in [0.717, 1.165) is 37.9 Å². The molecule has 1 aliphatic heterocycles. The van der Waals surface area contributed by atoms with E-state index in [2.05, 4.69) is 5.32 Å². The zero-order valence-corrected chi connectivity index (χ0v) is 15.3. The number of hydrogen-bond acceptors (Lipinski definition) is 3. The molecule has 26 heavy (non-hydrogen) atoms. The van der Waals surface area contributed by atoms with Crippen LogP contribution in [0.4, 0.5) is 0 Å². The monoisotopic (exact) mass is 355 g/mol. The first-order chi connectivity index (χ1) is 12.5. The Morgan fingerprint density at radius 3 is 2.54 bits per heavy atom. The predicted octanol–water partition coefficient (Wildman–Crippen LogP) is 2.36. The van der Waals surface area contributed by atoms with Gasteiger partial charge in [-0.05, 0) is 32.3 Å².